The highest BCUT2D eigenvalue weighted by Crippen LogP contribution is 2.01. The number of hydrogen-bond acceptors (Lipinski definition) is 2. The van der Waals surface area contributed by atoms with Crippen LogP contribution in [0.2, 0.25) is 0 Å². The van der Waals surface area contributed by atoms with Crippen molar-refractivity contribution in [2.45, 2.75) is 13.3 Å². The summed E-state index contributed by atoms with van der Waals surface area (Å²) < 4.78 is 0. The second kappa shape index (κ2) is 6.68. The molecule has 0 radical (unpaired) electrons. The van der Waals surface area contributed by atoms with E-state index in [1.807, 2.05) is 19.1 Å². The minimum Gasteiger partial charge on any atom is -0.481 e. The quantitative estimate of drug-likeness (QED) is 0.492. The number of carboxylic acids is 1. The van der Waals surface area contributed by atoms with Crippen LogP contribution >= 0.6 is 11.8 Å². The van der Waals surface area contributed by atoms with Gasteiger partial charge in [-0.15, -0.1) is 0 Å². The molecule has 0 atom stereocenters. The Morgan fingerprint density at radius 2 is 2.40 bits per heavy atom. The average Bonchev–Trinajstić information content (AvgIpc) is 1.87. The Kier molecular flexibility index (Phi) is 6.38. The number of allylic oxidation sites excluding steroid dienone is 1. The van der Waals surface area contributed by atoms with Crippen LogP contribution < -0.4 is 0 Å². The second-order valence-electron chi connectivity index (χ2n) is 1.79. The maximum absolute atomic E-state index is 10.0. The molecule has 0 heterocycles. The van der Waals surface area contributed by atoms with E-state index >= 15 is 0 Å². The third-order valence-electron chi connectivity index (χ3n) is 0.910. The van der Waals surface area contributed by atoms with Gasteiger partial charge in [0.05, 0.1) is 6.42 Å². The van der Waals surface area contributed by atoms with Crippen molar-refractivity contribution in [2.75, 3.05) is 11.5 Å². The zero-order chi connectivity index (χ0) is 7.82. The fourth-order valence-corrected chi connectivity index (χ4v) is 1.22. The van der Waals surface area contributed by atoms with Crippen molar-refractivity contribution in [1.29, 1.82) is 0 Å². The van der Waals surface area contributed by atoms with E-state index < -0.39 is 5.97 Å². The fraction of sp³-hybridized carbons (Fsp3) is 0.571. The predicted molar refractivity (Wildman–Crippen MR) is 44.4 cm³/mol. The van der Waals surface area contributed by atoms with Gasteiger partial charge in [-0.1, -0.05) is 12.2 Å². The zero-order valence-electron chi connectivity index (χ0n) is 6.04. The van der Waals surface area contributed by atoms with Gasteiger partial charge in [0, 0.05) is 11.5 Å². The van der Waals surface area contributed by atoms with Gasteiger partial charge in [0.1, 0.15) is 0 Å². The average molecular weight is 160 g/mol. The largest absolute Gasteiger partial charge is 0.481 e. The Morgan fingerprint density at radius 3 is 2.90 bits per heavy atom. The summed E-state index contributed by atoms with van der Waals surface area (Å²) in [4.78, 5) is 10.0. The minimum atomic E-state index is -0.715. The molecule has 0 aromatic heterocycles. The highest BCUT2D eigenvalue weighted by Gasteiger charge is 1.93. The molecule has 0 aliphatic rings. The van der Waals surface area contributed by atoms with Crippen molar-refractivity contribution in [3.05, 3.63) is 12.2 Å². The molecule has 1 N–H and O–H groups in total. The van der Waals surface area contributed by atoms with Crippen LogP contribution in [0.15, 0.2) is 12.2 Å². The lowest BCUT2D eigenvalue weighted by atomic mass is 10.5. The smallest absolute Gasteiger partial charge is 0.304 e. The number of carboxylic acid groups (broad SMARTS) is 1. The number of aliphatic carboxylic acids is 1. The molecule has 0 bridgehead atoms. The molecule has 2 nitrogen and oxygen atoms in total. The molecular weight excluding hydrogens is 148 g/mol. The molecule has 0 saturated carbocycles. The molecule has 0 unspecified atom stereocenters. The van der Waals surface area contributed by atoms with Gasteiger partial charge in [0.2, 0.25) is 0 Å². The Hall–Kier alpha value is -0.440. The van der Waals surface area contributed by atoms with E-state index in [2.05, 4.69) is 0 Å². The molecule has 0 aliphatic heterocycles. The van der Waals surface area contributed by atoms with Gasteiger partial charge in [-0.3, -0.25) is 4.79 Å². The first-order chi connectivity index (χ1) is 4.77. The van der Waals surface area contributed by atoms with Crippen molar-refractivity contribution in [3.8, 4) is 0 Å². The number of rotatable bonds is 5. The lowest BCUT2D eigenvalue weighted by molar-refractivity contribution is -0.136. The zero-order valence-corrected chi connectivity index (χ0v) is 6.86. The topological polar surface area (TPSA) is 37.3 Å². The van der Waals surface area contributed by atoms with Crippen molar-refractivity contribution in [2.24, 2.45) is 0 Å². The van der Waals surface area contributed by atoms with Crippen LogP contribution in [0.25, 0.3) is 0 Å². The van der Waals surface area contributed by atoms with Crippen molar-refractivity contribution >= 4 is 17.7 Å². The van der Waals surface area contributed by atoms with Crippen molar-refractivity contribution in [3.63, 3.8) is 0 Å². The molecule has 0 fully saturated rings. The molecule has 58 valence electrons. The van der Waals surface area contributed by atoms with Gasteiger partial charge in [-0.25, -0.2) is 0 Å². The van der Waals surface area contributed by atoms with Crippen LogP contribution in [0.3, 0.4) is 0 Å². The van der Waals surface area contributed by atoms with Crippen LogP contribution in [-0.2, 0) is 4.79 Å². The first-order valence-electron chi connectivity index (χ1n) is 3.18. The van der Waals surface area contributed by atoms with Crippen LogP contribution in [0.5, 0.6) is 0 Å². The van der Waals surface area contributed by atoms with E-state index in [4.69, 9.17) is 5.11 Å². The first kappa shape index (κ1) is 9.56. The number of thioether (sulfide) groups is 1. The lowest BCUT2D eigenvalue weighted by Gasteiger charge is -1.91. The summed E-state index contributed by atoms with van der Waals surface area (Å²) in [5.74, 6) is 0.914. The molecular formula is C7H12O2S. The van der Waals surface area contributed by atoms with Crippen molar-refractivity contribution in [1.82, 2.24) is 0 Å². The van der Waals surface area contributed by atoms with Gasteiger partial charge < -0.3 is 5.11 Å². The number of carbonyl (C=O) groups is 1. The van der Waals surface area contributed by atoms with Gasteiger partial charge in [0.25, 0.3) is 0 Å². The van der Waals surface area contributed by atoms with E-state index in [1.54, 1.807) is 11.8 Å². The molecule has 0 rings (SSSR count). The summed E-state index contributed by atoms with van der Waals surface area (Å²) in [6.45, 7) is 1.96. The molecule has 0 spiro atoms. The molecule has 0 aromatic rings. The van der Waals surface area contributed by atoms with Gasteiger partial charge >= 0.3 is 5.97 Å². The van der Waals surface area contributed by atoms with Crippen LogP contribution in [0.1, 0.15) is 13.3 Å². The van der Waals surface area contributed by atoms with Crippen LogP contribution in [0.4, 0.5) is 0 Å². The summed E-state index contributed by atoms with van der Waals surface area (Å²) in [6, 6.07) is 0. The molecule has 0 amide bonds. The first-order valence-corrected chi connectivity index (χ1v) is 4.33. The second-order valence-corrected chi connectivity index (χ2v) is 2.94. The van der Waals surface area contributed by atoms with E-state index in [0.717, 1.165) is 5.75 Å². The van der Waals surface area contributed by atoms with Crippen LogP contribution in [0, 0.1) is 0 Å². The maximum atomic E-state index is 10.0. The van der Waals surface area contributed by atoms with E-state index in [9.17, 15) is 4.79 Å². The summed E-state index contributed by atoms with van der Waals surface area (Å²) in [5.41, 5.74) is 0. The SMILES string of the molecule is C/C=C/CSCCC(=O)O. The standard InChI is InChI=1S/C7H12O2S/c1-2-3-5-10-6-4-7(8)9/h2-3H,4-6H2,1H3,(H,8,9)/b3-2+. The summed E-state index contributed by atoms with van der Waals surface area (Å²) in [5, 5.41) is 8.24. The highest BCUT2D eigenvalue weighted by molar-refractivity contribution is 7.99. The van der Waals surface area contributed by atoms with Gasteiger partial charge in [-0.2, -0.15) is 11.8 Å². The van der Waals surface area contributed by atoms with Crippen molar-refractivity contribution < 1.29 is 9.90 Å². The van der Waals surface area contributed by atoms with E-state index in [0.29, 0.717) is 5.75 Å². The third-order valence-corrected chi connectivity index (χ3v) is 1.83. The molecule has 0 aromatic carbocycles. The van der Waals surface area contributed by atoms with Gasteiger partial charge in [-0.05, 0) is 6.92 Å². The Labute approximate surface area is 65.3 Å². The summed E-state index contributed by atoms with van der Waals surface area (Å²) in [7, 11) is 0. The summed E-state index contributed by atoms with van der Waals surface area (Å²) in [6.07, 6.45) is 4.25. The summed E-state index contributed by atoms with van der Waals surface area (Å²) >= 11 is 1.64. The minimum absolute atomic E-state index is 0.266. The normalized spacial score (nSPS) is 10.5. The molecule has 3 heteroatoms. The molecule has 0 aliphatic carbocycles. The fourth-order valence-electron chi connectivity index (χ4n) is 0.407. The Balaban J connectivity index is 2.98. The third kappa shape index (κ3) is 7.56. The predicted octanol–water partition coefficient (Wildman–Crippen LogP) is 1.77. The monoisotopic (exact) mass is 160 g/mol. The van der Waals surface area contributed by atoms with E-state index in [1.165, 1.54) is 0 Å². The molecule has 10 heavy (non-hydrogen) atoms. The Bertz CT molecular complexity index is 121. The van der Waals surface area contributed by atoms with E-state index in [-0.39, 0.29) is 6.42 Å². The lowest BCUT2D eigenvalue weighted by Crippen LogP contribution is -1.95. The maximum Gasteiger partial charge on any atom is 0.304 e. The van der Waals surface area contributed by atoms with Gasteiger partial charge in [0.15, 0.2) is 0 Å². The number of hydrogen-bond donors (Lipinski definition) is 1. The van der Waals surface area contributed by atoms with Crippen LogP contribution in [-0.4, -0.2) is 22.6 Å². The molecule has 0 saturated heterocycles. The Morgan fingerprint density at radius 1 is 1.70 bits per heavy atom. The highest BCUT2D eigenvalue weighted by atomic mass is 32.2.